The second-order valence-corrected chi connectivity index (χ2v) is 8.02. The number of fused-ring (bicyclic) bond motifs is 4. The molecule has 4 nitrogen and oxygen atoms in total. The molecular formula is C24H22N4. The Hall–Kier alpha value is -3.01. The number of hydrogen-bond donors (Lipinski definition) is 1. The summed E-state index contributed by atoms with van der Waals surface area (Å²) in [6.45, 7) is 0.614. The molecule has 1 N–H and O–H groups in total. The number of anilines is 1. The lowest BCUT2D eigenvalue weighted by Crippen LogP contribution is -2.23. The van der Waals surface area contributed by atoms with Crippen LogP contribution in [0.4, 0.5) is 5.95 Å². The molecule has 138 valence electrons. The normalized spacial score (nSPS) is 17.2. The van der Waals surface area contributed by atoms with E-state index in [0.29, 0.717) is 12.6 Å². The first-order valence-electron chi connectivity index (χ1n) is 10.3. The summed E-state index contributed by atoms with van der Waals surface area (Å²) in [6.07, 6.45) is 8.32. The fourth-order valence-corrected chi connectivity index (χ4v) is 4.59. The van der Waals surface area contributed by atoms with Gasteiger partial charge in [-0.05, 0) is 30.0 Å². The molecule has 6 rings (SSSR count). The molecule has 0 radical (unpaired) electrons. The first-order valence-corrected chi connectivity index (χ1v) is 10.3. The molecule has 1 aliphatic heterocycles. The number of nitrogens with zero attached hydrogens (tertiary/aromatic N) is 3. The fourth-order valence-electron chi connectivity index (χ4n) is 4.59. The minimum atomic E-state index is 0.495. The van der Waals surface area contributed by atoms with Gasteiger partial charge >= 0.3 is 0 Å². The van der Waals surface area contributed by atoms with E-state index < -0.39 is 0 Å². The van der Waals surface area contributed by atoms with Gasteiger partial charge in [0.05, 0.1) is 18.0 Å². The lowest BCUT2D eigenvalue weighted by molar-refractivity contribution is 0.461. The molecule has 28 heavy (non-hydrogen) atoms. The van der Waals surface area contributed by atoms with Gasteiger partial charge in [-0.1, -0.05) is 55.7 Å². The fraction of sp³-hybridized carbons (Fsp3) is 0.292. The van der Waals surface area contributed by atoms with Crippen LogP contribution in [0.25, 0.3) is 22.4 Å². The van der Waals surface area contributed by atoms with Gasteiger partial charge in [-0.15, -0.1) is 0 Å². The van der Waals surface area contributed by atoms with Gasteiger partial charge in [-0.3, -0.25) is 4.99 Å². The number of benzene rings is 2. The van der Waals surface area contributed by atoms with Crippen molar-refractivity contribution in [3.63, 3.8) is 0 Å². The predicted molar refractivity (Wildman–Crippen MR) is 113 cm³/mol. The van der Waals surface area contributed by atoms with Crippen molar-refractivity contribution in [3.05, 3.63) is 65.4 Å². The largest absolute Gasteiger partial charge is 0.351 e. The van der Waals surface area contributed by atoms with Crippen LogP contribution in [-0.2, 0) is 6.54 Å². The third-order valence-electron chi connectivity index (χ3n) is 6.15. The summed E-state index contributed by atoms with van der Waals surface area (Å²) in [4.78, 5) is 14.6. The highest BCUT2D eigenvalue weighted by molar-refractivity contribution is 6.21. The first-order chi connectivity index (χ1) is 13.9. The Morgan fingerprint density at radius 3 is 2.46 bits per heavy atom. The number of aromatic nitrogens is 2. The SMILES string of the molecule is c1ccc2c(c1)C(c1ccc3cc1-3)=NCc1cnc(NC3CCCCC3)nc1-2. The minimum Gasteiger partial charge on any atom is -0.351 e. The molecule has 4 heteroatoms. The van der Waals surface area contributed by atoms with Crippen LogP contribution >= 0.6 is 0 Å². The summed E-state index contributed by atoms with van der Waals surface area (Å²) in [5.74, 6) is 0.748. The van der Waals surface area contributed by atoms with E-state index in [1.54, 1.807) is 0 Å². The highest BCUT2D eigenvalue weighted by Gasteiger charge is 2.26. The molecule has 0 unspecified atom stereocenters. The third-order valence-corrected chi connectivity index (χ3v) is 6.15. The van der Waals surface area contributed by atoms with Gasteiger partial charge in [-0.25, -0.2) is 9.97 Å². The highest BCUT2D eigenvalue weighted by atomic mass is 15.1. The topological polar surface area (TPSA) is 50.2 Å². The van der Waals surface area contributed by atoms with Crippen molar-refractivity contribution in [2.24, 2.45) is 4.99 Å². The Labute approximate surface area is 164 Å². The molecule has 1 fully saturated rings. The van der Waals surface area contributed by atoms with Gasteiger partial charge in [0.15, 0.2) is 0 Å². The molecule has 4 aliphatic rings. The summed E-state index contributed by atoms with van der Waals surface area (Å²) in [6, 6.07) is 15.6. The zero-order valence-electron chi connectivity index (χ0n) is 15.8. The molecular weight excluding hydrogens is 344 g/mol. The number of nitrogens with one attached hydrogen (secondary N) is 1. The van der Waals surface area contributed by atoms with Gasteiger partial charge in [0.2, 0.25) is 5.95 Å². The van der Waals surface area contributed by atoms with Crippen LogP contribution in [0.5, 0.6) is 0 Å². The molecule has 1 aromatic carbocycles. The van der Waals surface area contributed by atoms with Crippen LogP contribution in [0, 0.1) is 0 Å². The lowest BCUT2D eigenvalue weighted by Gasteiger charge is -2.23. The summed E-state index contributed by atoms with van der Waals surface area (Å²) >= 11 is 0. The van der Waals surface area contributed by atoms with Crippen LogP contribution in [0.15, 0.2) is 53.7 Å². The molecule has 1 aromatic heterocycles. The molecule has 0 spiro atoms. The van der Waals surface area contributed by atoms with Crippen molar-refractivity contribution in [3.8, 4) is 22.4 Å². The maximum absolute atomic E-state index is 4.98. The maximum atomic E-state index is 4.98. The summed E-state index contributed by atoms with van der Waals surface area (Å²) in [5, 5.41) is 3.57. The van der Waals surface area contributed by atoms with Crippen molar-refractivity contribution in [2.45, 2.75) is 44.7 Å². The molecule has 0 saturated heterocycles. The Bertz CT molecular complexity index is 1110. The van der Waals surface area contributed by atoms with E-state index in [1.165, 1.54) is 48.8 Å². The van der Waals surface area contributed by atoms with Gasteiger partial charge in [-0.2, -0.15) is 0 Å². The van der Waals surface area contributed by atoms with Gasteiger partial charge in [0, 0.05) is 34.5 Å². The van der Waals surface area contributed by atoms with E-state index in [4.69, 9.17) is 9.98 Å². The van der Waals surface area contributed by atoms with Crippen LogP contribution in [0.2, 0.25) is 0 Å². The Morgan fingerprint density at radius 2 is 1.68 bits per heavy atom. The zero-order valence-corrected chi connectivity index (χ0v) is 15.8. The molecule has 1 saturated carbocycles. The van der Waals surface area contributed by atoms with Crippen molar-refractivity contribution < 1.29 is 0 Å². The molecule has 0 amide bonds. The van der Waals surface area contributed by atoms with E-state index in [2.05, 4.69) is 52.8 Å². The Kier molecular flexibility index (Phi) is 3.58. The predicted octanol–water partition coefficient (Wildman–Crippen LogP) is 5.22. The molecule has 2 heterocycles. The molecule has 0 bridgehead atoms. The van der Waals surface area contributed by atoms with Crippen LogP contribution < -0.4 is 5.32 Å². The van der Waals surface area contributed by atoms with E-state index in [0.717, 1.165) is 34.0 Å². The van der Waals surface area contributed by atoms with Gasteiger partial charge in [0.25, 0.3) is 0 Å². The molecule has 0 atom stereocenters. The Balaban J connectivity index is 1.41. The van der Waals surface area contributed by atoms with Crippen LogP contribution in [0.3, 0.4) is 0 Å². The number of aliphatic imine (C=N–C) groups is 1. The summed E-state index contributed by atoms with van der Waals surface area (Å²) in [7, 11) is 0. The maximum Gasteiger partial charge on any atom is 0.223 e. The summed E-state index contributed by atoms with van der Waals surface area (Å²) in [5.41, 5.74) is 9.42. The van der Waals surface area contributed by atoms with Crippen LogP contribution in [0.1, 0.15) is 48.8 Å². The number of hydrogen-bond acceptors (Lipinski definition) is 4. The zero-order chi connectivity index (χ0) is 18.5. The smallest absolute Gasteiger partial charge is 0.223 e. The highest BCUT2D eigenvalue weighted by Crippen LogP contribution is 2.41. The van der Waals surface area contributed by atoms with Crippen molar-refractivity contribution >= 4 is 11.7 Å². The van der Waals surface area contributed by atoms with Crippen molar-refractivity contribution in [1.82, 2.24) is 9.97 Å². The standard InChI is InChI=1S/C24H22N4/c1-2-6-17(7-3-1)27-24-26-14-16-13-25-23(20-11-10-15-12-21(15)20)19-9-5-4-8-18(19)22(16)28-24/h4-5,8-12,14,17H,1-3,6-7,13H2,(H,26,27,28). The quantitative estimate of drug-likeness (QED) is 0.541. The van der Waals surface area contributed by atoms with Gasteiger partial charge < -0.3 is 5.32 Å². The van der Waals surface area contributed by atoms with E-state index >= 15 is 0 Å². The third kappa shape index (κ3) is 2.63. The second kappa shape index (κ2) is 6.26. The monoisotopic (exact) mass is 366 g/mol. The van der Waals surface area contributed by atoms with Gasteiger partial charge in [0.1, 0.15) is 0 Å². The Morgan fingerprint density at radius 1 is 0.857 bits per heavy atom. The van der Waals surface area contributed by atoms with E-state index in [1.807, 2.05) is 6.20 Å². The summed E-state index contributed by atoms with van der Waals surface area (Å²) < 4.78 is 0. The minimum absolute atomic E-state index is 0.495. The van der Waals surface area contributed by atoms with Crippen molar-refractivity contribution in [2.75, 3.05) is 5.32 Å². The lowest BCUT2D eigenvalue weighted by atomic mass is 9.95. The van der Waals surface area contributed by atoms with E-state index in [-0.39, 0.29) is 0 Å². The van der Waals surface area contributed by atoms with Crippen LogP contribution in [-0.4, -0.2) is 21.7 Å². The molecule has 3 aliphatic carbocycles. The number of rotatable bonds is 3. The average molecular weight is 366 g/mol. The average Bonchev–Trinajstić information content (AvgIpc) is 3.44. The van der Waals surface area contributed by atoms with Crippen molar-refractivity contribution in [1.29, 1.82) is 0 Å². The molecule has 2 aromatic rings. The van der Waals surface area contributed by atoms with E-state index in [9.17, 15) is 0 Å². The first kappa shape index (κ1) is 16.0. The second-order valence-electron chi connectivity index (χ2n) is 8.02.